The molecule has 0 aliphatic carbocycles. The van der Waals surface area contributed by atoms with Crippen LogP contribution in [-0.2, 0) is 14.3 Å². The summed E-state index contributed by atoms with van der Waals surface area (Å²) in [7, 11) is 0. The van der Waals surface area contributed by atoms with E-state index in [9.17, 15) is 20.1 Å². The molecule has 1 fully saturated rings. The van der Waals surface area contributed by atoms with Crippen LogP contribution in [0.25, 0.3) is 0 Å². The highest BCUT2D eigenvalue weighted by molar-refractivity contribution is 5.69. The number of esters is 1. The molecule has 1 heterocycles. The van der Waals surface area contributed by atoms with E-state index in [4.69, 9.17) is 9.47 Å². The van der Waals surface area contributed by atoms with E-state index < -0.39 is 37.0 Å². The second-order valence-corrected chi connectivity index (χ2v) is 7.71. The lowest BCUT2D eigenvalue weighted by Crippen LogP contribution is -2.43. The summed E-state index contributed by atoms with van der Waals surface area (Å²) < 4.78 is 10.4. The first kappa shape index (κ1) is 24.3. The average molecular weight is 389 g/mol. The molecule has 0 amide bonds. The molecular weight excluding hydrogens is 348 g/mol. The Labute approximate surface area is 164 Å². The molecule has 6 nitrogen and oxygen atoms in total. The SMILES string of the molecule is CCCCCCCCCCCCCCC(=O)OC(CO)C1OC[C@@H](O)[C@H]1O. The monoisotopic (exact) mass is 388 g/mol. The Balaban J connectivity index is 1.97. The van der Waals surface area contributed by atoms with Gasteiger partial charge in [0.15, 0.2) is 6.10 Å². The van der Waals surface area contributed by atoms with Crippen molar-refractivity contribution in [3.8, 4) is 0 Å². The van der Waals surface area contributed by atoms with E-state index in [-0.39, 0.29) is 6.61 Å². The van der Waals surface area contributed by atoms with Crippen LogP contribution in [0.2, 0.25) is 0 Å². The predicted octanol–water partition coefficient (Wildman–Crippen LogP) is 3.10. The minimum absolute atomic E-state index is 0.0153. The number of ether oxygens (including phenoxy) is 2. The van der Waals surface area contributed by atoms with Gasteiger partial charge in [-0.05, 0) is 6.42 Å². The maximum Gasteiger partial charge on any atom is 0.306 e. The molecule has 3 N–H and O–H groups in total. The standard InChI is InChI=1S/C21H40O6/c1-2-3-4-5-6-7-8-9-10-11-12-13-14-19(24)27-18(15-22)21-20(25)17(23)16-26-21/h17-18,20-23,25H,2-16H2,1H3/t17-,18?,20-,21?/m1/s1. The first-order valence-corrected chi connectivity index (χ1v) is 10.9. The van der Waals surface area contributed by atoms with Crippen molar-refractivity contribution in [3.63, 3.8) is 0 Å². The summed E-state index contributed by atoms with van der Waals surface area (Å²) in [6.07, 6.45) is 11.1. The largest absolute Gasteiger partial charge is 0.457 e. The van der Waals surface area contributed by atoms with Crippen LogP contribution < -0.4 is 0 Å². The van der Waals surface area contributed by atoms with Crippen LogP contribution in [0, 0.1) is 0 Å². The maximum absolute atomic E-state index is 11.9. The van der Waals surface area contributed by atoms with E-state index in [0.29, 0.717) is 6.42 Å². The zero-order valence-corrected chi connectivity index (χ0v) is 17.0. The topological polar surface area (TPSA) is 96.2 Å². The molecule has 0 saturated carbocycles. The Hall–Kier alpha value is -0.690. The number of carbonyl (C=O) groups is 1. The molecule has 0 radical (unpaired) electrons. The first-order chi connectivity index (χ1) is 13.1. The number of aliphatic hydroxyl groups is 3. The van der Waals surface area contributed by atoms with Crippen LogP contribution in [-0.4, -0.2) is 58.9 Å². The lowest BCUT2D eigenvalue weighted by Gasteiger charge is -2.24. The van der Waals surface area contributed by atoms with Gasteiger partial charge in [-0.15, -0.1) is 0 Å². The van der Waals surface area contributed by atoms with Crippen molar-refractivity contribution >= 4 is 5.97 Å². The summed E-state index contributed by atoms with van der Waals surface area (Å²) in [5.74, 6) is -0.390. The number of aliphatic hydroxyl groups excluding tert-OH is 3. The number of carbonyl (C=O) groups excluding carboxylic acids is 1. The number of hydrogen-bond acceptors (Lipinski definition) is 6. The Morgan fingerprint density at radius 2 is 1.48 bits per heavy atom. The summed E-state index contributed by atoms with van der Waals surface area (Å²) in [5, 5.41) is 28.6. The zero-order valence-electron chi connectivity index (χ0n) is 17.0. The lowest BCUT2D eigenvalue weighted by molar-refractivity contribution is -0.162. The van der Waals surface area contributed by atoms with E-state index in [1.165, 1.54) is 57.8 Å². The fraction of sp³-hybridized carbons (Fsp3) is 0.952. The summed E-state index contributed by atoms with van der Waals surface area (Å²) in [6.45, 7) is 1.79. The summed E-state index contributed by atoms with van der Waals surface area (Å²) in [6, 6.07) is 0. The third-order valence-corrected chi connectivity index (χ3v) is 5.25. The van der Waals surface area contributed by atoms with E-state index >= 15 is 0 Å². The van der Waals surface area contributed by atoms with Crippen molar-refractivity contribution in [3.05, 3.63) is 0 Å². The maximum atomic E-state index is 11.9. The molecule has 0 aromatic carbocycles. The molecule has 1 aliphatic heterocycles. The Bertz CT molecular complexity index is 376. The van der Waals surface area contributed by atoms with Gasteiger partial charge in [-0.2, -0.15) is 0 Å². The molecule has 0 aromatic rings. The highest BCUT2D eigenvalue weighted by Crippen LogP contribution is 2.20. The second kappa shape index (κ2) is 15.3. The van der Waals surface area contributed by atoms with Crippen molar-refractivity contribution in [1.29, 1.82) is 0 Å². The first-order valence-electron chi connectivity index (χ1n) is 10.9. The summed E-state index contributed by atoms with van der Waals surface area (Å²) in [4.78, 5) is 11.9. The zero-order chi connectivity index (χ0) is 19.9. The predicted molar refractivity (Wildman–Crippen MR) is 104 cm³/mol. The third kappa shape index (κ3) is 10.4. The molecule has 4 atom stereocenters. The van der Waals surface area contributed by atoms with Crippen molar-refractivity contribution < 1.29 is 29.6 Å². The number of unbranched alkanes of at least 4 members (excludes halogenated alkanes) is 11. The van der Waals surface area contributed by atoms with Gasteiger partial charge in [0.05, 0.1) is 13.2 Å². The van der Waals surface area contributed by atoms with Gasteiger partial charge in [0, 0.05) is 6.42 Å². The molecule has 2 unspecified atom stereocenters. The van der Waals surface area contributed by atoms with Crippen LogP contribution in [0.4, 0.5) is 0 Å². The molecule has 1 saturated heterocycles. The molecule has 1 aliphatic rings. The average Bonchev–Trinajstić information content (AvgIpc) is 2.99. The smallest absolute Gasteiger partial charge is 0.306 e. The van der Waals surface area contributed by atoms with E-state index in [1.807, 2.05) is 0 Å². The van der Waals surface area contributed by atoms with Crippen molar-refractivity contribution in [2.45, 2.75) is 115 Å². The van der Waals surface area contributed by atoms with Gasteiger partial charge in [-0.1, -0.05) is 77.6 Å². The third-order valence-electron chi connectivity index (χ3n) is 5.25. The van der Waals surface area contributed by atoms with Crippen molar-refractivity contribution in [2.24, 2.45) is 0 Å². The Morgan fingerprint density at radius 3 is 1.93 bits per heavy atom. The number of rotatable bonds is 16. The van der Waals surface area contributed by atoms with Crippen LogP contribution in [0.1, 0.15) is 90.4 Å². The molecule has 6 heteroatoms. The highest BCUT2D eigenvalue weighted by Gasteiger charge is 2.41. The highest BCUT2D eigenvalue weighted by atomic mass is 16.6. The minimum Gasteiger partial charge on any atom is -0.457 e. The van der Waals surface area contributed by atoms with Crippen LogP contribution in [0.3, 0.4) is 0 Å². The fourth-order valence-electron chi connectivity index (χ4n) is 3.50. The minimum atomic E-state index is -1.14. The molecule has 27 heavy (non-hydrogen) atoms. The summed E-state index contributed by atoms with van der Waals surface area (Å²) in [5.41, 5.74) is 0. The van der Waals surface area contributed by atoms with Gasteiger partial charge in [0.25, 0.3) is 0 Å². The number of hydrogen-bond donors (Lipinski definition) is 3. The van der Waals surface area contributed by atoms with Crippen LogP contribution in [0.15, 0.2) is 0 Å². The Kier molecular flexibility index (Phi) is 13.8. The molecule has 0 spiro atoms. The van der Waals surface area contributed by atoms with E-state index in [0.717, 1.165) is 19.3 Å². The normalized spacial score (nSPS) is 23.5. The Morgan fingerprint density at radius 1 is 0.963 bits per heavy atom. The molecule has 1 rings (SSSR count). The molecule has 0 aromatic heterocycles. The van der Waals surface area contributed by atoms with E-state index in [1.54, 1.807) is 0 Å². The van der Waals surface area contributed by atoms with Gasteiger partial charge in [0.2, 0.25) is 0 Å². The lowest BCUT2D eigenvalue weighted by atomic mass is 10.0. The summed E-state index contributed by atoms with van der Waals surface area (Å²) >= 11 is 0. The van der Waals surface area contributed by atoms with Crippen molar-refractivity contribution in [1.82, 2.24) is 0 Å². The molecular formula is C21H40O6. The van der Waals surface area contributed by atoms with Gasteiger partial charge in [-0.25, -0.2) is 0 Å². The quantitative estimate of drug-likeness (QED) is 0.278. The molecule has 0 bridgehead atoms. The van der Waals surface area contributed by atoms with Crippen LogP contribution >= 0.6 is 0 Å². The second-order valence-electron chi connectivity index (χ2n) is 7.71. The molecule has 160 valence electrons. The van der Waals surface area contributed by atoms with Gasteiger partial charge >= 0.3 is 5.97 Å². The fourth-order valence-corrected chi connectivity index (χ4v) is 3.50. The van der Waals surface area contributed by atoms with Gasteiger partial charge < -0.3 is 24.8 Å². The van der Waals surface area contributed by atoms with Crippen molar-refractivity contribution in [2.75, 3.05) is 13.2 Å². The van der Waals surface area contributed by atoms with Gasteiger partial charge in [0.1, 0.15) is 18.3 Å². The van der Waals surface area contributed by atoms with E-state index in [2.05, 4.69) is 6.92 Å². The van der Waals surface area contributed by atoms with Gasteiger partial charge in [-0.3, -0.25) is 4.79 Å². The van der Waals surface area contributed by atoms with Crippen LogP contribution in [0.5, 0.6) is 0 Å².